The van der Waals surface area contributed by atoms with Crippen LogP contribution < -0.4 is 5.32 Å². The van der Waals surface area contributed by atoms with E-state index in [9.17, 15) is 0 Å². The minimum Gasteiger partial charge on any atom is -0.339 e. The molecule has 0 saturated carbocycles. The Morgan fingerprint density at radius 2 is 2.14 bits per heavy atom. The molecule has 21 heavy (non-hydrogen) atoms. The molecule has 3 rings (SSSR count). The highest BCUT2D eigenvalue weighted by atomic mass is 16.5. The van der Waals surface area contributed by atoms with E-state index in [1.54, 1.807) is 0 Å². The molecule has 4 nitrogen and oxygen atoms in total. The van der Waals surface area contributed by atoms with Gasteiger partial charge >= 0.3 is 0 Å². The normalized spacial score (nSPS) is 22.4. The van der Waals surface area contributed by atoms with Crippen LogP contribution in [0.2, 0.25) is 0 Å². The Kier molecular flexibility index (Phi) is 4.06. The molecular formula is C17H23N3O. The second-order valence-electron chi connectivity index (χ2n) is 6.22. The van der Waals surface area contributed by atoms with Gasteiger partial charge in [-0.1, -0.05) is 23.4 Å². The largest absolute Gasteiger partial charge is 0.339 e. The van der Waals surface area contributed by atoms with Crippen LogP contribution in [0.25, 0.3) is 0 Å². The Bertz CT molecular complexity index is 620. The Hall–Kier alpha value is -1.68. The van der Waals surface area contributed by atoms with Gasteiger partial charge in [-0.2, -0.15) is 4.98 Å². The van der Waals surface area contributed by atoms with Gasteiger partial charge in [0.25, 0.3) is 0 Å². The summed E-state index contributed by atoms with van der Waals surface area (Å²) in [5.74, 6) is 2.00. The van der Waals surface area contributed by atoms with E-state index in [0.717, 1.165) is 37.5 Å². The van der Waals surface area contributed by atoms with Crippen molar-refractivity contribution in [2.24, 2.45) is 0 Å². The molecule has 0 spiro atoms. The van der Waals surface area contributed by atoms with Crippen LogP contribution in [0.15, 0.2) is 22.7 Å². The molecule has 2 atom stereocenters. The molecular weight excluding hydrogens is 262 g/mol. The number of benzene rings is 1. The van der Waals surface area contributed by atoms with Crippen molar-refractivity contribution in [3.05, 3.63) is 46.6 Å². The lowest BCUT2D eigenvalue weighted by molar-refractivity contribution is 0.294. The van der Waals surface area contributed by atoms with E-state index < -0.39 is 0 Å². The Balaban J connectivity index is 1.71. The maximum Gasteiger partial charge on any atom is 0.229 e. The molecule has 2 unspecified atom stereocenters. The van der Waals surface area contributed by atoms with Crippen LogP contribution in [0.4, 0.5) is 0 Å². The van der Waals surface area contributed by atoms with Crippen molar-refractivity contribution in [3.63, 3.8) is 0 Å². The fraction of sp³-hybridized carbons (Fsp3) is 0.529. The Morgan fingerprint density at radius 1 is 1.29 bits per heavy atom. The van der Waals surface area contributed by atoms with E-state index >= 15 is 0 Å². The van der Waals surface area contributed by atoms with Crippen molar-refractivity contribution in [2.45, 2.75) is 52.0 Å². The summed E-state index contributed by atoms with van der Waals surface area (Å²) in [6, 6.07) is 7.03. The number of piperidine rings is 1. The third-order valence-electron chi connectivity index (χ3n) is 4.39. The van der Waals surface area contributed by atoms with E-state index in [1.165, 1.54) is 16.7 Å². The highest BCUT2D eigenvalue weighted by Crippen LogP contribution is 2.26. The van der Waals surface area contributed by atoms with Gasteiger partial charge in [0.05, 0.1) is 0 Å². The highest BCUT2D eigenvalue weighted by molar-refractivity contribution is 5.31. The van der Waals surface area contributed by atoms with Gasteiger partial charge in [0.2, 0.25) is 5.89 Å². The van der Waals surface area contributed by atoms with Crippen LogP contribution in [-0.2, 0) is 6.42 Å². The first kappa shape index (κ1) is 14.3. The summed E-state index contributed by atoms with van der Waals surface area (Å²) in [6.45, 7) is 7.50. The molecule has 1 aromatic heterocycles. The molecule has 2 aromatic rings. The van der Waals surface area contributed by atoms with E-state index in [0.29, 0.717) is 12.0 Å². The highest BCUT2D eigenvalue weighted by Gasteiger charge is 2.24. The predicted molar refractivity (Wildman–Crippen MR) is 82.5 cm³/mol. The number of hydrogen-bond donors (Lipinski definition) is 1. The van der Waals surface area contributed by atoms with Crippen molar-refractivity contribution < 1.29 is 4.52 Å². The first-order chi connectivity index (χ1) is 10.1. The summed E-state index contributed by atoms with van der Waals surface area (Å²) >= 11 is 0. The zero-order chi connectivity index (χ0) is 14.8. The molecule has 2 heterocycles. The van der Waals surface area contributed by atoms with E-state index in [1.807, 2.05) is 0 Å². The van der Waals surface area contributed by atoms with Gasteiger partial charge < -0.3 is 9.84 Å². The first-order valence-corrected chi connectivity index (χ1v) is 7.74. The summed E-state index contributed by atoms with van der Waals surface area (Å²) < 4.78 is 5.49. The van der Waals surface area contributed by atoms with E-state index in [4.69, 9.17) is 4.52 Å². The lowest BCUT2D eigenvalue weighted by atomic mass is 9.93. The van der Waals surface area contributed by atoms with Crippen molar-refractivity contribution in [1.29, 1.82) is 0 Å². The van der Waals surface area contributed by atoms with Gasteiger partial charge in [-0.25, -0.2) is 0 Å². The molecule has 0 aliphatic carbocycles. The minimum atomic E-state index is 0.405. The number of nitrogens with one attached hydrogen (secondary N) is 1. The molecule has 1 aliphatic heterocycles. The fourth-order valence-corrected chi connectivity index (χ4v) is 2.96. The second-order valence-corrected chi connectivity index (χ2v) is 6.22. The zero-order valence-corrected chi connectivity index (χ0v) is 13.0. The lowest BCUT2D eigenvalue weighted by Gasteiger charge is -2.25. The third kappa shape index (κ3) is 3.32. The summed E-state index contributed by atoms with van der Waals surface area (Å²) in [7, 11) is 0. The van der Waals surface area contributed by atoms with Gasteiger partial charge in [-0.05, 0) is 56.8 Å². The molecule has 1 aliphatic rings. The standard InChI is InChI=1S/C17H23N3O/c1-11-4-5-14(8-12(11)2)10-16-19-17(21-20-16)15-6-7-18-13(3)9-15/h4-5,8,13,15,18H,6-7,9-10H2,1-3H3. The molecule has 1 fully saturated rings. The van der Waals surface area contributed by atoms with Crippen LogP contribution in [0, 0.1) is 13.8 Å². The molecule has 1 aromatic carbocycles. The smallest absolute Gasteiger partial charge is 0.229 e. The average Bonchev–Trinajstić information content (AvgIpc) is 2.91. The maximum atomic E-state index is 5.49. The van der Waals surface area contributed by atoms with Crippen molar-refractivity contribution in [3.8, 4) is 0 Å². The quantitative estimate of drug-likeness (QED) is 0.941. The monoisotopic (exact) mass is 285 g/mol. The van der Waals surface area contributed by atoms with Crippen LogP contribution in [-0.4, -0.2) is 22.7 Å². The van der Waals surface area contributed by atoms with Gasteiger partial charge in [0, 0.05) is 18.4 Å². The van der Waals surface area contributed by atoms with Crippen LogP contribution in [0.1, 0.15) is 54.1 Å². The van der Waals surface area contributed by atoms with Crippen molar-refractivity contribution >= 4 is 0 Å². The lowest BCUT2D eigenvalue weighted by Crippen LogP contribution is -2.34. The molecule has 0 amide bonds. The molecule has 0 radical (unpaired) electrons. The molecule has 1 N–H and O–H groups in total. The maximum absolute atomic E-state index is 5.49. The SMILES string of the molecule is Cc1ccc(Cc2noc(C3CCNC(C)C3)n2)cc1C. The number of nitrogens with zero attached hydrogens (tertiary/aromatic N) is 2. The van der Waals surface area contributed by atoms with Crippen LogP contribution >= 0.6 is 0 Å². The van der Waals surface area contributed by atoms with Crippen molar-refractivity contribution in [2.75, 3.05) is 6.54 Å². The Morgan fingerprint density at radius 3 is 2.90 bits per heavy atom. The number of hydrogen-bond acceptors (Lipinski definition) is 4. The second kappa shape index (κ2) is 5.98. The summed E-state index contributed by atoms with van der Waals surface area (Å²) in [5, 5.41) is 7.61. The van der Waals surface area contributed by atoms with Gasteiger partial charge in [-0.15, -0.1) is 0 Å². The van der Waals surface area contributed by atoms with Gasteiger partial charge in [-0.3, -0.25) is 0 Å². The van der Waals surface area contributed by atoms with Gasteiger partial charge in [0.15, 0.2) is 5.82 Å². The molecule has 0 bridgehead atoms. The van der Waals surface area contributed by atoms with Crippen LogP contribution in [0.3, 0.4) is 0 Å². The molecule has 1 saturated heterocycles. The predicted octanol–water partition coefficient (Wildman–Crippen LogP) is 3.13. The summed E-state index contributed by atoms with van der Waals surface area (Å²) in [4.78, 5) is 4.61. The number of aryl methyl sites for hydroxylation is 2. The third-order valence-corrected chi connectivity index (χ3v) is 4.39. The fourth-order valence-electron chi connectivity index (χ4n) is 2.96. The van der Waals surface area contributed by atoms with E-state index in [-0.39, 0.29) is 0 Å². The van der Waals surface area contributed by atoms with Gasteiger partial charge in [0.1, 0.15) is 0 Å². The number of aromatic nitrogens is 2. The topological polar surface area (TPSA) is 51.0 Å². The number of rotatable bonds is 3. The Labute approximate surface area is 126 Å². The molecule has 4 heteroatoms. The minimum absolute atomic E-state index is 0.405. The molecule has 112 valence electrons. The zero-order valence-electron chi connectivity index (χ0n) is 13.0. The van der Waals surface area contributed by atoms with Crippen LogP contribution in [0.5, 0.6) is 0 Å². The summed E-state index contributed by atoms with van der Waals surface area (Å²) in [6.07, 6.45) is 2.89. The first-order valence-electron chi connectivity index (χ1n) is 7.74. The summed E-state index contributed by atoms with van der Waals surface area (Å²) in [5.41, 5.74) is 3.86. The average molecular weight is 285 g/mol. The van der Waals surface area contributed by atoms with E-state index in [2.05, 4.69) is 54.4 Å². The van der Waals surface area contributed by atoms with Crippen molar-refractivity contribution in [1.82, 2.24) is 15.5 Å².